The maximum atomic E-state index is 5.20. The van der Waals surface area contributed by atoms with Gasteiger partial charge in [-0.15, -0.1) is 13.2 Å². The Morgan fingerprint density at radius 2 is 1.42 bits per heavy atom. The zero-order chi connectivity index (χ0) is 24.9. The Hall–Kier alpha value is -2.00. The Kier molecular flexibility index (Phi) is 38.3. The van der Waals surface area contributed by atoms with Crippen molar-refractivity contribution in [1.29, 1.82) is 0 Å². The minimum absolute atomic E-state index is 0.645. The number of methoxy groups -OCH3 is 2. The van der Waals surface area contributed by atoms with E-state index in [9.17, 15) is 0 Å². The van der Waals surface area contributed by atoms with Crippen LogP contribution in [0.15, 0.2) is 61.2 Å². The number of nitrogens with zero attached hydrogens (tertiary/aromatic N) is 1. The average Bonchev–Trinajstić information content (AvgIpc) is 2.84. The fourth-order valence-corrected chi connectivity index (χ4v) is 1.94. The number of unbranched alkanes of at least 4 members (excludes halogenated alkanes) is 1. The van der Waals surface area contributed by atoms with Crippen LogP contribution in [0.25, 0.3) is 0 Å². The molecule has 182 valence electrons. The first kappa shape index (κ1) is 36.4. The lowest BCUT2D eigenvalue weighted by atomic mass is 10.2. The summed E-state index contributed by atoms with van der Waals surface area (Å²) >= 11 is 0. The van der Waals surface area contributed by atoms with Gasteiger partial charge in [0.1, 0.15) is 5.75 Å². The number of anilines is 1. The summed E-state index contributed by atoms with van der Waals surface area (Å²) < 4.78 is 10.2. The lowest BCUT2D eigenvalue weighted by molar-refractivity contribution is 0.234. The molecule has 0 saturated carbocycles. The van der Waals surface area contributed by atoms with Crippen molar-refractivity contribution in [3.05, 3.63) is 61.2 Å². The number of allylic oxidation sites excluding steroid dienone is 1. The summed E-state index contributed by atoms with van der Waals surface area (Å²) in [7, 11) is 3.39. The van der Waals surface area contributed by atoms with Gasteiger partial charge in [0, 0.05) is 25.9 Å². The van der Waals surface area contributed by atoms with Crippen molar-refractivity contribution < 1.29 is 9.47 Å². The van der Waals surface area contributed by atoms with E-state index in [0.717, 1.165) is 18.8 Å². The van der Waals surface area contributed by atoms with Gasteiger partial charge in [0.2, 0.25) is 0 Å². The molecule has 1 aromatic rings. The molecule has 0 aliphatic carbocycles. The smallest absolute Gasteiger partial charge is 0.119 e. The molecule has 0 N–H and O–H groups in total. The van der Waals surface area contributed by atoms with Crippen molar-refractivity contribution in [2.24, 2.45) is 0 Å². The quantitative estimate of drug-likeness (QED) is 0.286. The van der Waals surface area contributed by atoms with Crippen molar-refractivity contribution >= 4 is 5.69 Å². The maximum absolute atomic E-state index is 5.20. The van der Waals surface area contributed by atoms with Crippen LogP contribution in [0.5, 0.6) is 5.75 Å². The second-order valence-electron chi connectivity index (χ2n) is 6.14. The zero-order valence-corrected chi connectivity index (χ0v) is 22.5. The number of ether oxygens (including phenoxy) is 2. The van der Waals surface area contributed by atoms with Crippen LogP contribution in [0.1, 0.15) is 74.7 Å². The van der Waals surface area contributed by atoms with Gasteiger partial charge in [0.15, 0.2) is 0 Å². The highest BCUT2D eigenvalue weighted by Gasteiger charge is 2.05. The van der Waals surface area contributed by atoms with Gasteiger partial charge in [-0.2, -0.15) is 0 Å². The van der Waals surface area contributed by atoms with Crippen LogP contribution < -0.4 is 9.64 Å². The number of rotatable bonds is 9. The normalized spacial score (nSPS) is 9.55. The van der Waals surface area contributed by atoms with E-state index in [1.807, 2.05) is 32.1 Å². The van der Waals surface area contributed by atoms with Crippen LogP contribution in [0.2, 0.25) is 0 Å². The lowest BCUT2D eigenvalue weighted by Gasteiger charge is -2.24. The Labute approximate surface area is 195 Å². The summed E-state index contributed by atoms with van der Waals surface area (Å²) in [6.45, 7) is 25.3. The van der Waals surface area contributed by atoms with Crippen molar-refractivity contribution in [1.82, 2.24) is 0 Å². The van der Waals surface area contributed by atoms with E-state index in [4.69, 9.17) is 9.47 Å². The second kappa shape index (κ2) is 32.7. The van der Waals surface area contributed by atoms with Gasteiger partial charge in [-0.3, -0.25) is 0 Å². The Balaban J connectivity index is -0.000000279. The van der Waals surface area contributed by atoms with E-state index in [1.165, 1.54) is 30.5 Å². The molecule has 0 aliphatic heterocycles. The largest absolute Gasteiger partial charge is 0.497 e. The monoisotopic (exact) mass is 435 g/mol. The van der Waals surface area contributed by atoms with Gasteiger partial charge < -0.3 is 14.4 Å². The average molecular weight is 436 g/mol. The van der Waals surface area contributed by atoms with Crippen LogP contribution in [-0.2, 0) is 4.74 Å². The molecule has 0 heterocycles. The van der Waals surface area contributed by atoms with Crippen molar-refractivity contribution in [2.75, 3.05) is 38.8 Å². The van der Waals surface area contributed by atoms with E-state index in [1.54, 1.807) is 14.2 Å². The third-order valence-corrected chi connectivity index (χ3v) is 3.66. The minimum Gasteiger partial charge on any atom is -0.497 e. The molecule has 1 aromatic carbocycles. The fourth-order valence-electron chi connectivity index (χ4n) is 1.94. The van der Waals surface area contributed by atoms with Gasteiger partial charge in [0.25, 0.3) is 0 Å². The Morgan fingerprint density at radius 3 is 1.74 bits per heavy atom. The van der Waals surface area contributed by atoms with Crippen LogP contribution in [0.4, 0.5) is 5.69 Å². The van der Waals surface area contributed by atoms with Gasteiger partial charge in [0.05, 0.1) is 13.7 Å². The third-order valence-electron chi connectivity index (χ3n) is 3.66. The molecule has 0 atom stereocenters. The second-order valence-corrected chi connectivity index (χ2v) is 6.14. The third kappa shape index (κ3) is 24.1. The van der Waals surface area contributed by atoms with Crippen LogP contribution >= 0.6 is 0 Å². The standard InChI is InChI=1S/C17H25NO2.C4H10.C3H8.C2H6.C2H4/c1-5-15(8-7-13-19-3)14-18(6-2)16-9-11-17(20-4)12-10-16;1-3-4-2;1-3-2;2*1-2/h5,7-12H,6,13-14H2,1-4H3;3-4H2,1-2H3;3H2,1-2H3;1-2H3;1-2H2/b8-7-,15-5+;;;;. The van der Waals surface area contributed by atoms with Gasteiger partial charge in [-0.25, -0.2) is 0 Å². The van der Waals surface area contributed by atoms with E-state index >= 15 is 0 Å². The highest BCUT2D eigenvalue weighted by Crippen LogP contribution is 2.20. The van der Waals surface area contributed by atoms with Gasteiger partial charge in [-0.05, 0) is 43.7 Å². The number of likely N-dealkylation sites (N-methyl/N-ethyl adjacent to an activating group) is 1. The minimum atomic E-state index is 0.645. The van der Waals surface area contributed by atoms with E-state index in [0.29, 0.717) is 6.61 Å². The van der Waals surface area contributed by atoms with E-state index < -0.39 is 0 Å². The van der Waals surface area contributed by atoms with Crippen LogP contribution in [-0.4, -0.2) is 33.9 Å². The molecule has 0 aliphatic rings. The van der Waals surface area contributed by atoms with Gasteiger partial charge in [-0.1, -0.05) is 79.0 Å². The molecular formula is C28H53NO2. The van der Waals surface area contributed by atoms with Gasteiger partial charge >= 0.3 is 0 Å². The molecule has 3 nitrogen and oxygen atoms in total. The maximum Gasteiger partial charge on any atom is 0.119 e. The molecule has 31 heavy (non-hydrogen) atoms. The molecule has 0 bridgehead atoms. The highest BCUT2D eigenvalue weighted by molar-refractivity contribution is 5.50. The van der Waals surface area contributed by atoms with E-state index in [-0.39, 0.29) is 0 Å². The first-order valence-electron chi connectivity index (χ1n) is 11.8. The number of hydrogen-bond donors (Lipinski definition) is 0. The topological polar surface area (TPSA) is 21.7 Å². The number of hydrogen-bond acceptors (Lipinski definition) is 3. The highest BCUT2D eigenvalue weighted by atomic mass is 16.5. The SMILES string of the molecule is C/C=C(\C=C/COC)CN(CC)c1ccc(OC)cc1.C=C.CC.CCC.CCCC. The summed E-state index contributed by atoms with van der Waals surface area (Å²) in [6.07, 6.45) is 10.2. The lowest BCUT2D eigenvalue weighted by Crippen LogP contribution is -2.24. The molecule has 1 rings (SSSR count). The molecule has 0 unspecified atom stereocenters. The van der Waals surface area contributed by atoms with E-state index in [2.05, 4.69) is 83.9 Å². The zero-order valence-electron chi connectivity index (χ0n) is 22.5. The molecular weight excluding hydrogens is 382 g/mol. The fraction of sp³-hybridized carbons (Fsp3) is 0.571. The summed E-state index contributed by atoms with van der Waals surface area (Å²) in [5.74, 6) is 0.885. The summed E-state index contributed by atoms with van der Waals surface area (Å²) in [6, 6.07) is 8.17. The molecule has 0 spiro atoms. The Bertz CT molecular complexity index is 490. The first-order valence-corrected chi connectivity index (χ1v) is 11.8. The van der Waals surface area contributed by atoms with Crippen molar-refractivity contribution in [3.63, 3.8) is 0 Å². The van der Waals surface area contributed by atoms with Crippen molar-refractivity contribution in [3.8, 4) is 5.75 Å². The molecule has 0 amide bonds. The van der Waals surface area contributed by atoms with Crippen LogP contribution in [0, 0.1) is 0 Å². The van der Waals surface area contributed by atoms with Crippen LogP contribution in [0.3, 0.4) is 0 Å². The predicted octanol–water partition coefficient (Wildman–Crippen LogP) is 8.72. The molecule has 0 fully saturated rings. The molecule has 0 radical (unpaired) electrons. The summed E-state index contributed by atoms with van der Waals surface area (Å²) in [5, 5.41) is 0. The predicted molar refractivity (Wildman–Crippen MR) is 145 cm³/mol. The summed E-state index contributed by atoms with van der Waals surface area (Å²) in [4.78, 5) is 2.33. The molecule has 0 saturated heterocycles. The molecule has 3 heteroatoms. The first-order chi connectivity index (χ1) is 15.1. The Morgan fingerprint density at radius 1 is 0.935 bits per heavy atom. The summed E-state index contributed by atoms with van der Waals surface area (Å²) in [5.41, 5.74) is 2.48. The number of benzene rings is 1. The molecule has 0 aromatic heterocycles. The van der Waals surface area contributed by atoms with Crippen molar-refractivity contribution in [2.45, 2.75) is 74.7 Å².